The van der Waals surface area contributed by atoms with Gasteiger partial charge >= 0.3 is 0 Å². The third kappa shape index (κ3) is 4.74. The highest BCUT2D eigenvalue weighted by Crippen LogP contribution is 2.26. The van der Waals surface area contributed by atoms with Crippen molar-refractivity contribution in [2.24, 2.45) is 0 Å². The van der Waals surface area contributed by atoms with Crippen LogP contribution in [0.5, 0.6) is 0 Å². The van der Waals surface area contributed by atoms with Crippen LogP contribution in [0.2, 0.25) is 0 Å². The van der Waals surface area contributed by atoms with Gasteiger partial charge in [0, 0.05) is 10.4 Å². The Labute approximate surface area is 173 Å². The number of amides is 1. The molecule has 1 unspecified atom stereocenters. The Morgan fingerprint density at radius 3 is 2.57 bits per heavy atom. The zero-order chi connectivity index (χ0) is 20.3. The molecule has 0 fully saturated rings. The number of thiophene rings is 1. The topological polar surface area (TPSA) is 85.8 Å². The molecule has 28 heavy (non-hydrogen) atoms. The van der Waals surface area contributed by atoms with E-state index in [1.54, 1.807) is 11.3 Å². The number of hydrogen-bond acceptors (Lipinski definition) is 6. The summed E-state index contributed by atoms with van der Waals surface area (Å²) in [4.78, 5) is 13.3. The van der Waals surface area contributed by atoms with E-state index >= 15 is 0 Å². The summed E-state index contributed by atoms with van der Waals surface area (Å²) < 4.78 is 1.44. The first-order valence-corrected chi connectivity index (χ1v) is 10.9. The summed E-state index contributed by atoms with van der Waals surface area (Å²) in [5.41, 5.74) is 2.22. The van der Waals surface area contributed by atoms with Crippen LogP contribution in [0.1, 0.15) is 44.2 Å². The SMILES string of the molecule is CC(NC(=O)CSc1nnc(-c2ccc(C(C)(C)C)cc2)n1N)c1cccs1. The molecule has 0 aliphatic heterocycles. The van der Waals surface area contributed by atoms with Crippen molar-refractivity contribution < 1.29 is 4.79 Å². The minimum absolute atomic E-state index is 0.0132. The lowest BCUT2D eigenvalue weighted by atomic mass is 9.87. The van der Waals surface area contributed by atoms with E-state index < -0.39 is 0 Å². The third-order valence-electron chi connectivity index (χ3n) is 4.35. The van der Waals surface area contributed by atoms with Crippen LogP contribution < -0.4 is 11.2 Å². The van der Waals surface area contributed by atoms with E-state index in [2.05, 4.69) is 48.4 Å². The van der Waals surface area contributed by atoms with Crippen LogP contribution in [-0.2, 0) is 10.2 Å². The fraction of sp³-hybridized carbons (Fsp3) is 0.350. The van der Waals surface area contributed by atoms with Crippen molar-refractivity contribution in [2.45, 2.75) is 44.3 Å². The fourth-order valence-corrected chi connectivity index (χ4v) is 4.12. The standard InChI is InChI=1S/C20H25N5OS2/c1-13(16-6-5-11-27-16)22-17(26)12-28-19-24-23-18(25(19)21)14-7-9-15(10-8-14)20(2,3)4/h5-11,13H,12,21H2,1-4H3,(H,22,26). The number of hydrogen-bond donors (Lipinski definition) is 2. The highest BCUT2D eigenvalue weighted by Gasteiger charge is 2.17. The molecular formula is C20H25N5OS2. The number of aromatic nitrogens is 3. The second-order valence-electron chi connectivity index (χ2n) is 7.60. The Morgan fingerprint density at radius 2 is 1.96 bits per heavy atom. The minimum atomic E-state index is -0.0648. The summed E-state index contributed by atoms with van der Waals surface area (Å²) in [5, 5.41) is 13.8. The summed E-state index contributed by atoms with van der Waals surface area (Å²) in [6, 6.07) is 12.1. The van der Waals surface area contributed by atoms with Crippen LogP contribution >= 0.6 is 23.1 Å². The number of rotatable bonds is 6. The fourth-order valence-electron chi connectivity index (χ4n) is 2.71. The highest BCUT2D eigenvalue weighted by molar-refractivity contribution is 7.99. The molecule has 0 saturated carbocycles. The molecule has 3 aromatic rings. The molecule has 1 aromatic carbocycles. The first-order valence-electron chi connectivity index (χ1n) is 9.02. The zero-order valence-electron chi connectivity index (χ0n) is 16.5. The molecule has 0 radical (unpaired) electrons. The Bertz CT molecular complexity index is 927. The van der Waals surface area contributed by atoms with Gasteiger partial charge in [0.25, 0.3) is 0 Å². The van der Waals surface area contributed by atoms with Gasteiger partial charge < -0.3 is 11.2 Å². The van der Waals surface area contributed by atoms with Gasteiger partial charge in [0.05, 0.1) is 11.8 Å². The Kier molecular flexibility index (Phi) is 6.10. The van der Waals surface area contributed by atoms with Crippen molar-refractivity contribution in [3.05, 3.63) is 52.2 Å². The number of benzene rings is 1. The molecule has 1 amide bonds. The molecule has 8 heteroatoms. The van der Waals surface area contributed by atoms with Crippen molar-refractivity contribution in [2.75, 3.05) is 11.6 Å². The molecule has 2 aromatic heterocycles. The molecule has 0 aliphatic rings. The van der Waals surface area contributed by atoms with Gasteiger partial charge in [0.15, 0.2) is 5.82 Å². The van der Waals surface area contributed by atoms with E-state index in [4.69, 9.17) is 5.84 Å². The van der Waals surface area contributed by atoms with E-state index in [9.17, 15) is 4.79 Å². The lowest BCUT2D eigenvalue weighted by Crippen LogP contribution is -2.28. The predicted octanol–water partition coefficient (Wildman–Crippen LogP) is 3.99. The molecule has 3 rings (SSSR count). The van der Waals surface area contributed by atoms with Crippen LogP contribution in [0.15, 0.2) is 46.9 Å². The molecule has 3 N–H and O–H groups in total. The van der Waals surface area contributed by atoms with Crippen LogP contribution in [-0.4, -0.2) is 26.5 Å². The Balaban J connectivity index is 1.62. The largest absolute Gasteiger partial charge is 0.348 e. The number of thioether (sulfide) groups is 1. The molecule has 0 aliphatic carbocycles. The van der Waals surface area contributed by atoms with Crippen molar-refractivity contribution in [1.82, 2.24) is 20.2 Å². The van der Waals surface area contributed by atoms with E-state index in [0.29, 0.717) is 11.0 Å². The van der Waals surface area contributed by atoms with E-state index in [-0.39, 0.29) is 23.1 Å². The summed E-state index contributed by atoms with van der Waals surface area (Å²) in [5.74, 6) is 6.91. The summed E-state index contributed by atoms with van der Waals surface area (Å²) in [7, 11) is 0. The molecule has 0 spiro atoms. The lowest BCUT2D eigenvalue weighted by Gasteiger charge is -2.19. The monoisotopic (exact) mass is 415 g/mol. The summed E-state index contributed by atoms with van der Waals surface area (Å²) >= 11 is 2.90. The van der Waals surface area contributed by atoms with Gasteiger partial charge in [-0.25, -0.2) is 4.68 Å². The first-order chi connectivity index (χ1) is 13.3. The minimum Gasteiger partial charge on any atom is -0.348 e. The summed E-state index contributed by atoms with van der Waals surface area (Å²) in [6.45, 7) is 8.49. The maximum absolute atomic E-state index is 12.2. The number of nitrogens with zero attached hydrogens (tertiary/aromatic N) is 3. The number of nitrogens with one attached hydrogen (secondary N) is 1. The lowest BCUT2D eigenvalue weighted by molar-refractivity contribution is -0.119. The smallest absolute Gasteiger partial charge is 0.230 e. The van der Waals surface area contributed by atoms with Crippen LogP contribution in [0.3, 0.4) is 0 Å². The van der Waals surface area contributed by atoms with Gasteiger partial charge in [-0.1, -0.05) is 62.9 Å². The maximum atomic E-state index is 12.2. The number of nitrogens with two attached hydrogens (primary N) is 1. The van der Waals surface area contributed by atoms with Gasteiger partial charge in [0.2, 0.25) is 11.1 Å². The quantitative estimate of drug-likeness (QED) is 0.470. The molecule has 1 atom stereocenters. The van der Waals surface area contributed by atoms with Gasteiger partial charge in [-0.05, 0) is 29.3 Å². The van der Waals surface area contributed by atoms with Crippen LogP contribution in [0, 0.1) is 0 Å². The van der Waals surface area contributed by atoms with Crippen molar-refractivity contribution >= 4 is 29.0 Å². The van der Waals surface area contributed by atoms with Crippen molar-refractivity contribution in [1.29, 1.82) is 0 Å². The molecule has 148 valence electrons. The van der Waals surface area contributed by atoms with E-state index in [1.165, 1.54) is 22.0 Å². The molecule has 2 heterocycles. The number of nitrogen functional groups attached to an aromatic ring is 1. The third-order valence-corrected chi connectivity index (χ3v) is 6.35. The average Bonchev–Trinajstić information content (AvgIpc) is 3.29. The van der Waals surface area contributed by atoms with Gasteiger partial charge in [-0.2, -0.15) is 0 Å². The molecule has 6 nitrogen and oxygen atoms in total. The molecule has 0 bridgehead atoms. The zero-order valence-corrected chi connectivity index (χ0v) is 18.1. The van der Waals surface area contributed by atoms with Gasteiger partial charge in [-0.15, -0.1) is 21.5 Å². The first kappa shape index (κ1) is 20.4. The summed E-state index contributed by atoms with van der Waals surface area (Å²) in [6.07, 6.45) is 0. The van der Waals surface area contributed by atoms with Gasteiger partial charge in [0.1, 0.15) is 0 Å². The highest BCUT2D eigenvalue weighted by atomic mass is 32.2. The Hall–Kier alpha value is -2.32. The molecule has 0 saturated heterocycles. The van der Waals surface area contributed by atoms with E-state index in [0.717, 1.165) is 10.4 Å². The average molecular weight is 416 g/mol. The second-order valence-corrected chi connectivity index (χ2v) is 9.52. The predicted molar refractivity (Wildman–Crippen MR) is 116 cm³/mol. The van der Waals surface area contributed by atoms with Crippen molar-refractivity contribution in [3.8, 4) is 11.4 Å². The number of carbonyl (C=O) groups is 1. The van der Waals surface area contributed by atoms with Crippen LogP contribution in [0.4, 0.5) is 0 Å². The maximum Gasteiger partial charge on any atom is 0.230 e. The van der Waals surface area contributed by atoms with Crippen LogP contribution in [0.25, 0.3) is 11.4 Å². The normalized spacial score (nSPS) is 12.7. The second kappa shape index (κ2) is 8.36. The molecular weight excluding hydrogens is 390 g/mol. The Morgan fingerprint density at radius 1 is 1.25 bits per heavy atom. The van der Waals surface area contributed by atoms with Crippen molar-refractivity contribution in [3.63, 3.8) is 0 Å². The van der Waals surface area contributed by atoms with E-state index in [1.807, 2.05) is 36.6 Å². The van der Waals surface area contributed by atoms with Gasteiger partial charge in [-0.3, -0.25) is 4.79 Å². The number of carbonyl (C=O) groups excluding carboxylic acids is 1.